The molecule has 0 spiro atoms. The molecule has 0 N–H and O–H groups in total. The van der Waals surface area contributed by atoms with Crippen LogP contribution in [0.15, 0.2) is 7.57 Å². The Kier molecular flexibility index (Phi) is 5.57. The van der Waals surface area contributed by atoms with Crippen molar-refractivity contribution in [3.05, 3.63) is 12.6 Å². The fourth-order valence-corrected chi connectivity index (χ4v) is 6.31. The van der Waals surface area contributed by atoms with Crippen LogP contribution in [0, 0.1) is 5.92 Å². The summed E-state index contributed by atoms with van der Waals surface area (Å²) in [6, 6.07) is 0. The molecule has 0 saturated heterocycles. The van der Waals surface area contributed by atoms with Crippen LogP contribution in [0.2, 0.25) is 0 Å². The van der Waals surface area contributed by atoms with Gasteiger partial charge in [0.1, 0.15) is 5.52 Å². The first-order chi connectivity index (χ1) is 9.08. The van der Waals surface area contributed by atoms with Crippen molar-refractivity contribution in [3.63, 3.8) is 0 Å². The molecule has 0 fully saturated rings. The lowest BCUT2D eigenvalue weighted by Crippen LogP contribution is -2.13. The quantitative estimate of drug-likeness (QED) is 0.510. The normalized spacial score (nSPS) is 13.1. The molecule has 2 aromatic rings. The highest BCUT2D eigenvalue weighted by Crippen LogP contribution is 2.42. The van der Waals surface area contributed by atoms with Crippen molar-refractivity contribution in [2.45, 2.75) is 39.5 Å². The molecule has 2 heterocycles. The molecular formula is C13H15Br2NOS2. The monoisotopic (exact) mass is 423 g/mol. The zero-order chi connectivity index (χ0) is 14.0. The van der Waals surface area contributed by atoms with Gasteiger partial charge in [-0.2, -0.15) is 0 Å². The Bertz CT molecular complexity index is 556. The summed E-state index contributed by atoms with van der Waals surface area (Å²) in [4.78, 5) is 17.0. The molecule has 6 heteroatoms. The van der Waals surface area contributed by atoms with Gasteiger partial charge in [0.25, 0.3) is 0 Å². The highest BCUT2D eigenvalue weighted by Gasteiger charge is 2.23. The van der Waals surface area contributed by atoms with E-state index in [1.165, 1.54) is 11.3 Å². The van der Waals surface area contributed by atoms with Crippen LogP contribution in [0.5, 0.6) is 0 Å². The van der Waals surface area contributed by atoms with Crippen molar-refractivity contribution in [1.82, 2.24) is 4.98 Å². The van der Waals surface area contributed by atoms with Crippen molar-refractivity contribution in [3.8, 4) is 0 Å². The van der Waals surface area contributed by atoms with Crippen LogP contribution < -0.4 is 0 Å². The fourth-order valence-electron chi connectivity index (χ4n) is 2.01. The van der Waals surface area contributed by atoms with Crippen LogP contribution in [-0.2, 0) is 0 Å². The molecule has 0 aliphatic heterocycles. The van der Waals surface area contributed by atoms with Crippen LogP contribution in [0.4, 0.5) is 0 Å². The summed E-state index contributed by atoms with van der Waals surface area (Å²) in [5, 5.41) is 0.655. The van der Waals surface area contributed by atoms with Gasteiger partial charge in [-0.05, 0) is 44.7 Å². The predicted octanol–water partition coefficient (Wildman–Crippen LogP) is 6.28. The van der Waals surface area contributed by atoms with E-state index < -0.39 is 0 Å². The zero-order valence-electron chi connectivity index (χ0n) is 10.8. The number of nitrogens with zero attached hydrogens (tertiary/aromatic N) is 1. The van der Waals surface area contributed by atoms with E-state index in [0.717, 1.165) is 43.5 Å². The topological polar surface area (TPSA) is 30.0 Å². The van der Waals surface area contributed by atoms with Gasteiger partial charge in [-0.3, -0.25) is 4.79 Å². The number of rotatable bonds is 6. The number of ketones is 1. The van der Waals surface area contributed by atoms with Gasteiger partial charge in [-0.25, -0.2) is 4.98 Å². The maximum Gasteiger partial charge on any atom is 0.194 e. The molecule has 0 aliphatic rings. The smallest absolute Gasteiger partial charge is 0.194 e. The Morgan fingerprint density at radius 3 is 2.58 bits per heavy atom. The van der Waals surface area contributed by atoms with Crippen LogP contribution >= 0.6 is 54.5 Å². The molecule has 1 unspecified atom stereocenters. The lowest BCUT2D eigenvalue weighted by atomic mass is 9.95. The number of thiazole rings is 1. The number of hydrogen-bond donors (Lipinski definition) is 0. The van der Waals surface area contributed by atoms with E-state index >= 15 is 0 Å². The first kappa shape index (κ1) is 15.6. The molecule has 0 radical (unpaired) electrons. The largest absolute Gasteiger partial charge is 0.291 e. The van der Waals surface area contributed by atoms with Crippen molar-refractivity contribution < 1.29 is 4.79 Å². The van der Waals surface area contributed by atoms with Crippen LogP contribution in [-0.4, -0.2) is 10.8 Å². The molecule has 0 aromatic carbocycles. The van der Waals surface area contributed by atoms with E-state index in [0.29, 0.717) is 5.01 Å². The Hall–Kier alpha value is 0.220. The number of aromatic nitrogens is 1. The molecule has 0 aliphatic carbocycles. The number of unbranched alkanes of at least 4 members (excludes halogenated alkanes) is 1. The first-order valence-corrected chi connectivity index (χ1v) is 9.58. The molecule has 0 amide bonds. The molecule has 19 heavy (non-hydrogen) atoms. The lowest BCUT2D eigenvalue weighted by Gasteiger charge is -2.10. The van der Waals surface area contributed by atoms with Gasteiger partial charge >= 0.3 is 0 Å². The van der Waals surface area contributed by atoms with Crippen molar-refractivity contribution in [2.24, 2.45) is 5.92 Å². The second-order valence-electron chi connectivity index (χ2n) is 4.46. The number of carbonyl (C=O) groups is 1. The highest BCUT2D eigenvalue weighted by atomic mass is 79.9. The third kappa shape index (κ3) is 3.28. The molecule has 2 rings (SSSR count). The number of carbonyl (C=O) groups excluding carboxylic acids is 1. The molecule has 104 valence electrons. The van der Waals surface area contributed by atoms with Gasteiger partial charge in [0.15, 0.2) is 10.8 Å². The molecular weight excluding hydrogens is 410 g/mol. The SMILES string of the molecule is CCCCC(CC)C(=O)c1nc2c(Br)sc(Br)c2s1. The third-order valence-electron chi connectivity index (χ3n) is 3.15. The minimum Gasteiger partial charge on any atom is -0.291 e. The summed E-state index contributed by atoms with van der Waals surface area (Å²) in [5.74, 6) is 0.331. The van der Waals surface area contributed by atoms with Crippen molar-refractivity contribution in [2.75, 3.05) is 0 Å². The summed E-state index contributed by atoms with van der Waals surface area (Å²) in [7, 11) is 0. The van der Waals surface area contributed by atoms with Crippen LogP contribution in [0.3, 0.4) is 0 Å². The van der Waals surface area contributed by atoms with Gasteiger partial charge < -0.3 is 0 Å². The summed E-state index contributed by atoms with van der Waals surface area (Å²) in [5.41, 5.74) is 0.913. The van der Waals surface area contributed by atoms with E-state index in [-0.39, 0.29) is 11.7 Å². The number of Topliss-reactive ketones (excluding diaryl/α,β-unsaturated/α-hetero) is 1. The Morgan fingerprint density at radius 2 is 2.00 bits per heavy atom. The highest BCUT2D eigenvalue weighted by molar-refractivity contribution is 9.12. The number of halogens is 2. The van der Waals surface area contributed by atoms with Crippen molar-refractivity contribution in [1.29, 1.82) is 0 Å². The zero-order valence-corrected chi connectivity index (χ0v) is 15.6. The summed E-state index contributed by atoms with van der Waals surface area (Å²) in [6.07, 6.45) is 4.11. The minimum atomic E-state index is 0.122. The van der Waals surface area contributed by atoms with Crippen LogP contribution in [0.25, 0.3) is 10.2 Å². The Balaban J connectivity index is 2.27. The van der Waals surface area contributed by atoms with E-state index in [9.17, 15) is 4.79 Å². The van der Waals surface area contributed by atoms with E-state index in [2.05, 4.69) is 50.7 Å². The fraction of sp³-hybridized carbons (Fsp3) is 0.538. The van der Waals surface area contributed by atoms with E-state index in [1.807, 2.05) is 0 Å². The van der Waals surface area contributed by atoms with Gasteiger partial charge in [-0.15, -0.1) is 22.7 Å². The summed E-state index contributed by atoms with van der Waals surface area (Å²) < 4.78 is 3.12. The average Bonchev–Trinajstić information content (AvgIpc) is 2.93. The van der Waals surface area contributed by atoms with Gasteiger partial charge in [0, 0.05) is 5.92 Å². The molecule has 1 atom stereocenters. The second-order valence-corrected chi connectivity index (χ2v) is 9.11. The number of hydrogen-bond acceptors (Lipinski definition) is 4. The third-order valence-corrected chi connectivity index (χ3v) is 7.13. The van der Waals surface area contributed by atoms with E-state index in [1.54, 1.807) is 11.3 Å². The van der Waals surface area contributed by atoms with Gasteiger partial charge in [-0.1, -0.05) is 26.7 Å². The molecule has 0 bridgehead atoms. The average molecular weight is 425 g/mol. The van der Waals surface area contributed by atoms with Gasteiger partial charge in [0.05, 0.1) is 12.3 Å². The van der Waals surface area contributed by atoms with Gasteiger partial charge in [0.2, 0.25) is 0 Å². The summed E-state index contributed by atoms with van der Waals surface area (Å²) in [6.45, 7) is 4.24. The molecule has 2 nitrogen and oxygen atoms in total. The summed E-state index contributed by atoms with van der Waals surface area (Å²) >= 11 is 10.1. The Morgan fingerprint density at radius 1 is 1.26 bits per heavy atom. The Labute approximate surface area is 137 Å². The number of fused-ring (bicyclic) bond motifs is 1. The maximum absolute atomic E-state index is 12.5. The predicted molar refractivity (Wildman–Crippen MR) is 90.5 cm³/mol. The lowest BCUT2D eigenvalue weighted by molar-refractivity contribution is 0.0908. The second kappa shape index (κ2) is 6.78. The molecule has 0 saturated carbocycles. The maximum atomic E-state index is 12.5. The van der Waals surface area contributed by atoms with Crippen LogP contribution in [0.1, 0.15) is 49.3 Å². The first-order valence-electron chi connectivity index (χ1n) is 6.37. The minimum absolute atomic E-state index is 0.122. The molecule has 2 aromatic heterocycles. The number of thiophene rings is 1. The van der Waals surface area contributed by atoms with E-state index in [4.69, 9.17) is 0 Å². The van der Waals surface area contributed by atoms with Crippen molar-refractivity contribution >= 4 is 70.5 Å². The standard InChI is InChI=1S/C13H15Br2NOS2/c1-3-5-6-7(4-2)9(17)13-16-8-10(18-13)12(15)19-11(8)14/h7H,3-6H2,1-2H3.